The van der Waals surface area contributed by atoms with E-state index in [-0.39, 0.29) is 5.97 Å². The van der Waals surface area contributed by atoms with Crippen LogP contribution in [0.1, 0.15) is 38.3 Å². The second kappa shape index (κ2) is 7.85. The maximum Gasteiger partial charge on any atom is 0.389 e. The molecule has 1 aromatic carbocycles. The number of quaternary nitrogens is 1. The highest BCUT2D eigenvalue weighted by molar-refractivity contribution is 5.80. The Morgan fingerprint density at radius 3 is 2.30 bits per heavy atom. The van der Waals surface area contributed by atoms with Gasteiger partial charge in [0.2, 0.25) is 0 Å². The topological polar surface area (TPSA) is 26.3 Å². The van der Waals surface area contributed by atoms with E-state index >= 15 is 0 Å². The standard InChI is InChI=1S/C17H26NO2/c1-5-11-15-12-9-10-13-16(15)14-18(7-3,8-4)20-17(19)6-2/h6,9-10,12-13H,2,5,7-8,11,14H2,1,3-4H3/q+1. The molecule has 0 N–H and O–H groups in total. The van der Waals surface area contributed by atoms with Crippen LogP contribution in [0.4, 0.5) is 0 Å². The summed E-state index contributed by atoms with van der Waals surface area (Å²) in [5.74, 6) is -0.360. The van der Waals surface area contributed by atoms with Gasteiger partial charge >= 0.3 is 5.97 Å². The van der Waals surface area contributed by atoms with Gasteiger partial charge in [0.05, 0.1) is 0 Å². The number of carbonyl (C=O) groups excluding carboxylic acids is 1. The van der Waals surface area contributed by atoms with Crippen LogP contribution in [0, 0.1) is 0 Å². The van der Waals surface area contributed by atoms with Crippen molar-refractivity contribution in [1.82, 2.24) is 0 Å². The molecule has 0 saturated carbocycles. The summed E-state index contributed by atoms with van der Waals surface area (Å²) in [6.07, 6.45) is 3.40. The lowest BCUT2D eigenvalue weighted by molar-refractivity contribution is -1.10. The van der Waals surface area contributed by atoms with E-state index in [1.54, 1.807) is 0 Å². The van der Waals surface area contributed by atoms with Crippen molar-refractivity contribution in [3.63, 3.8) is 0 Å². The van der Waals surface area contributed by atoms with E-state index in [1.165, 1.54) is 17.2 Å². The monoisotopic (exact) mass is 276 g/mol. The van der Waals surface area contributed by atoms with Gasteiger partial charge < -0.3 is 0 Å². The van der Waals surface area contributed by atoms with Gasteiger partial charge in [0.1, 0.15) is 19.6 Å². The summed E-state index contributed by atoms with van der Waals surface area (Å²) in [5, 5.41) is 0. The van der Waals surface area contributed by atoms with Crippen molar-refractivity contribution in [2.24, 2.45) is 0 Å². The summed E-state index contributed by atoms with van der Waals surface area (Å²) in [6.45, 7) is 12.0. The van der Waals surface area contributed by atoms with E-state index in [2.05, 4.69) is 31.7 Å². The second-order valence-electron chi connectivity index (χ2n) is 4.98. The molecule has 0 amide bonds. The number of benzene rings is 1. The number of carbonyl (C=O) groups is 1. The van der Waals surface area contributed by atoms with Gasteiger partial charge in [-0.25, -0.2) is 4.79 Å². The number of rotatable bonds is 8. The van der Waals surface area contributed by atoms with Gasteiger partial charge in [-0.3, -0.25) is 4.84 Å². The fraction of sp³-hybridized carbons (Fsp3) is 0.471. The van der Waals surface area contributed by atoms with E-state index in [0.29, 0.717) is 11.2 Å². The molecule has 0 saturated heterocycles. The fourth-order valence-electron chi connectivity index (χ4n) is 2.37. The second-order valence-corrected chi connectivity index (χ2v) is 4.98. The highest BCUT2D eigenvalue weighted by Crippen LogP contribution is 2.20. The minimum atomic E-state index is -0.360. The van der Waals surface area contributed by atoms with Gasteiger partial charge in [0.15, 0.2) is 0 Å². The first-order valence-electron chi connectivity index (χ1n) is 7.39. The molecule has 1 aromatic rings. The highest BCUT2D eigenvalue weighted by Gasteiger charge is 2.30. The Kier molecular flexibility index (Phi) is 6.46. The van der Waals surface area contributed by atoms with Crippen LogP contribution in [-0.4, -0.2) is 23.7 Å². The zero-order valence-electron chi connectivity index (χ0n) is 12.9. The Hall–Kier alpha value is -1.61. The van der Waals surface area contributed by atoms with Gasteiger partial charge in [-0.05, 0) is 25.8 Å². The maximum atomic E-state index is 11.6. The van der Waals surface area contributed by atoms with E-state index in [0.717, 1.165) is 25.9 Å². The van der Waals surface area contributed by atoms with E-state index < -0.39 is 0 Å². The van der Waals surface area contributed by atoms with Crippen LogP contribution in [0.2, 0.25) is 0 Å². The van der Waals surface area contributed by atoms with E-state index in [1.807, 2.05) is 19.9 Å². The summed E-state index contributed by atoms with van der Waals surface area (Å²) in [6, 6.07) is 8.40. The molecular formula is C17H26NO2+. The van der Waals surface area contributed by atoms with Crippen LogP contribution in [0.25, 0.3) is 0 Å². The average Bonchev–Trinajstić information content (AvgIpc) is 2.48. The third kappa shape index (κ3) is 4.20. The number of hydrogen-bond donors (Lipinski definition) is 0. The Morgan fingerprint density at radius 1 is 1.20 bits per heavy atom. The minimum absolute atomic E-state index is 0.311. The molecule has 0 radical (unpaired) electrons. The van der Waals surface area contributed by atoms with Crippen LogP contribution in [0.15, 0.2) is 36.9 Å². The van der Waals surface area contributed by atoms with Crippen LogP contribution < -0.4 is 0 Å². The van der Waals surface area contributed by atoms with Crippen LogP contribution in [0.5, 0.6) is 0 Å². The van der Waals surface area contributed by atoms with Gasteiger partial charge in [0, 0.05) is 11.6 Å². The SMILES string of the molecule is C=CC(=O)O[N+](CC)(CC)Cc1ccccc1CCC. The molecule has 0 heterocycles. The van der Waals surface area contributed by atoms with Crippen LogP contribution >= 0.6 is 0 Å². The smallest absolute Gasteiger partial charge is 0.272 e. The molecule has 0 atom stereocenters. The molecule has 0 aliphatic heterocycles. The van der Waals surface area contributed by atoms with Gasteiger partial charge in [0.25, 0.3) is 0 Å². The Morgan fingerprint density at radius 2 is 1.80 bits per heavy atom. The molecule has 0 aromatic heterocycles. The predicted molar refractivity (Wildman–Crippen MR) is 81.8 cm³/mol. The maximum absolute atomic E-state index is 11.6. The molecule has 3 heteroatoms. The molecule has 0 spiro atoms. The lowest BCUT2D eigenvalue weighted by atomic mass is 10.0. The molecule has 20 heavy (non-hydrogen) atoms. The summed E-state index contributed by atoms with van der Waals surface area (Å²) in [7, 11) is 0. The van der Waals surface area contributed by atoms with Crippen molar-refractivity contribution in [3.8, 4) is 0 Å². The van der Waals surface area contributed by atoms with Crippen LogP contribution in [0.3, 0.4) is 0 Å². The van der Waals surface area contributed by atoms with Crippen molar-refractivity contribution in [1.29, 1.82) is 0 Å². The number of hydroxylamine groups is 3. The molecule has 0 aliphatic carbocycles. The highest BCUT2D eigenvalue weighted by atomic mass is 16.7. The third-order valence-corrected chi connectivity index (χ3v) is 3.70. The first-order chi connectivity index (χ1) is 9.60. The molecule has 3 nitrogen and oxygen atoms in total. The predicted octanol–water partition coefficient (Wildman–Crippen LogP) is 3.64. The molecule has 0 aliphatic rings. The Balaban J connectivity index is 3.00. The average molecular weight is 276 g/mol. The summed E-state index contributed by atoms with van der Waals surface area (Å²) in [5.41, 5.74) is 2.60. The van der Waals surface area contributed by atoms with Crippen molar-refractivity contribution < 1.29 is 14.3 Å². The zero-order chi connectivity index (χ0) is 15.0. The molecular weight excluding hydrogens is 250 g/mol. The Bertz CT molecular complexity index is 450. The lowest BCUT2D eigenvalue weighted by Crippen LogP contribution is -2.48. The van der Waals surface area contributed by atoms with E-state index in [4.69, 9.17) is 4.84 Å². The van der Waals surface area contributed by atoms with Crippen molar-refractivity contribution in [3.05, 3.63) is 48.0 Å². The third-order valence-electron chi connectivity index (χ3n) is 3.70. The van der Waals surface area contributed by atoms with Gasteiger partial charge in [-0.15, -0.1) is 4.65 Å². The first kappa shape index (κ1) is 16.4. The van der Waals surface area contributed by atoms with Crippen molar-refractivity contribution >= 4 is 5.97 Å². The summed E-state index contributed by atoms with van der Waals surface area (Å²) < 4.78 is 0.311. The molecule has 0 fully saturated rings. The fourth-order valence-corrected chi connectivity index (χ4v) is 2.37. The van der Waals surface area contributed by atoms with Crippen LogP contribution in [-0.2, 0) is 22.6 Å². The minimum Gasteiger partial charge on any atom is -0.272 e. The molecule has 1 rings (SSSR count). The van der Waals surface area contributed by atoms with Crippen molar-refractivity contribution in [2.45, 2.75) is 40.2 Å². The molecule has 0 bridgehead atoms. The normalized spacial score (nSPS) is 11.2. The Labute approximate surface area is 122 Å². The lowest BCUT2D eigenvalue weighted by Gasteiger charge is -2.32. The zero-order valence-corrected chi connectivity index (χ0v) is 12.9. The van der Waals surface area contributed by atoms with Gasteiger partial charge in [-0.2, -0.15) is 0 Å². The van der Waals surface area contributed by atoms with E-state index in [9.17, 15) is 4.79 Å². The molecule has 110 valence electrons. The quantitative estimate of drug-likeness (QED) is 0.411. The largest absolute Gasteiger partial charge is 0.389 e. The first-order valence-corrected chi connectivity index (χ1v) is 7.39. The summed E-state index contributed by atoms with van der Waals surface area (Å²) >= 11 is 0. The molecule has 0 unspecified atom stereocenters. The number of nitrogens with zero attached hydrogens (tertiary/aromatic N) is 1. The van der Waals surface area contributed by atoms with Crippen molar-refractivity contribution in [2.75, 3.05) is 13.1 Å². The number of hydrogen-bond acceptors (Lipinski definition) is 2. The number of aryl methyl sites for hydroxylation is 1. The van der Waals surface area contributed by atoms with Gasteiger partial charge in [-0.1, -0.05) is 44.2 Å². The summed E-state index contributed by atoms with van der Waals surface area (Å²) in [4.78, 5) is 17.2.